The number of amides is 2. The van der Waals surface area contributed by atoms with Gasteiger partial charge in [-0.3, -0.25) is 9.59 Å². The first-order chi connectivity index (χ1) is 13.5. The standard InChI is InChI=1S/C22H29N3O3/c1-5-20(26)25(16(2)3)15-21(27)24-14-13-23-12-8-10-18(23)22(24)17-9-6-7-11-19(17)28-4/h6-12,16,22H,5,13-15H2,1-4H3. The molecule has 0 saturated heterocycles. The Balaban J connectivity index is 1.97. The van der Waals surface area contributed by atoms with Gasteiger partial charge in [-0.1, -0.05) is 25.1 Å². The van der Waals surface area contributed by atoms with Crippen molar-refractivity contribution < 1.29 is 14.3 Å². The number of hydrogen-bond donors (Lipinski definition) is 0. The summed E-state index contributed by atoms with van der Waals surface area (Å²) in [4.78, 5) is 29.2. The van der Waals surface area contributed by atoms with Gasteiger partial charge < -0.3 is 19.1 Å². The predicted octanol–water partition coefficient (Wildman–Crippen LogP) is 3.08. The quantitative estimate of drug-likeness (QED) is 0.770. The topological polar surface area (TPSA) is 54.8 Å². The van der Waals surface area contributed by atoms with Gasteiger partial charge in [-0.2, -0.15) is 0 Å². The summed E-state index contributed by atoms with van der Waals surface area (Å²) in [5, 5.41) is 0. The summed E-state index contributed by atoms with van der Waals surface area (Å²) in [5.74, 6) is 0.710. The molecule has 2 amide bonds. The van der Waals surface area contributed by atoms with Crippen molar-refractivity contribution >= 4 is 11.8 Å². The van der Waals surface area contributed by atoms with Crippen LogP contribution in [0.3, 0.4) is 0 Å². The number of fused-ring (bicyclic) bond motifs is 1. The second-order valence-corrected chi connectivity index (χ2v) is 7.33. The van der Waals surface area contributed by atoms with Crippen LogP contribution < -0.4 is 4.74 Å². The van der Waals surface area contributed by atoms with Crippen LogP contribution in [0.4, 0.5) is 0 Å². The summed E-state index contributed by atoms with van der Waals surface area (Å²) in [6, 6.07) is 11.6. The summed E-state index contributed by atoms with van der Waals surface area (Å²) < 4.78 is 7.76. The van der Waals surface area contributed by atoms with E-state index in [1.165, 1.54) is 0 Å². The molecule has 2 heterocycles. The second kappa shape index (κ2) is 8.50. The molecule has 1 aromatic heterocycles. The summed E-state index contributed by atoms with van der Waals surface area (Å²) in [5.41, 5.74) is 2.01. The number of carbonyl (C=O) groups is 2. The normalized spacial score (nSPS) is 16.0. The molecule has 0 N–H and O–H groups in total. The fraction of sp³-hybridized carbons (Fsp3) is 0.455. The summed E-state index contributed by atoms with van der Waals surface area (Å²) in [6.45, 7) is 7.14. The Morgan fingerprint density at radius 2 is 1.93 bits per heavy atom. The molecule has 1 unspecified atom stereocenters. The highest BCUT2D eigenvalue weighted by Gasteiger charge is 2.35. The van der Waals surface area contributed by atoms with E-state index in [0.29, 0.717) is 13.0 Å². The molecule has 0 saturated carbocycles. The summed E-state index contributed by atoms with van der Waals surface area (Å²) >= 11 is 0. The fourth-order valence-corrected chi connectivity index (χ4v) is 3.87. The van der Waals surface area contributed by atoms with Crippen molar-refractivity contribution in [2.24, 2.45) is 0 Å². The molecule has 0 spiro atoms. The number of aromatic nitrogens is 1. The number of rotatable bonds is 6. The van der Waals surface area contributed by atoms with E-state index in [1.54, 1.807) is 12.0 Å². The molecule has 3 rings (SSSR count). The van der Waals surface area contributed by atoms with Gasteiger partial charge in [0.2, 0.25) is 11.8 Å². The maximum absolute atomic E-state index is 13.3. The zero-order chi connectivity index (χ0) is 20.3. The van der Waals surface area contributed by atoms with Gasteiger partial charge in [0, 0.05) is 43.0 Å². The Bertz CT molecular complexity index is 843. The monoisotopic (exact) mass is 383 g/mol. The van der Waals surface area contributed by atoms with Crippen LogP contribution in [-0.4, -0.2) is 52.4 Å². The smallest absolute Gasteiger partial charge is 0.243 e. The van der Waals surface area contributed by atoms with Crippen molar-refractivity contribution in [3.63, 3.8) is 0 Å². The number of methoxy groups -OCH3 is 1. The molecular weight excluding hydrogens is 354 g/mol. The molecule has 0 aliphatic carbocycles. The molecule has 6 heteroatoms. The number of carbonyl (C=O) groups excluding carboxylic acids is 2. The van der Waals surface area contributed by atoms with Crippen LogP contribution in [0.1, 0.15) is 44.5 Å². The number of benzene rings is 1. The number of ether oxygens (including phenoxy) is 1. The zero-order valence-electron chi connectivity index (χ0n) is 17.1. The predicted molar refractivity (Wildman–Crippen MR) is 108 cm³/mol. The van der Waals surface area contributed by atoms with Crippen LogP contribution in [0.5, 0.6) is 5.75 Å². The van der Waals surface area contributed by atoms with E-state index >= 15 is 0 Å². The van der Waals surface area contributed by atoms with Crippen molar-refractivity contribution in [2.75, 3.05) is 20.2 Å². The molecular formula is C22H29N3O3. The minimum absolute atomic E-state index is 0.00224. The minimum Gasteiger partial charge on any atom is -0.496 e. The summed E-state index contributed by atoms with van der Waals surface area (Å²) in [7, 11) is 1.65. The second-order valence-electron chi connectivity index (χ2n) is 7.33. The molecule has 1 aliphatic rings. The van der Waals surface area contributed by atoms with Gasteiger partial charge >= 0.3 is 0 Å². The Morgan fingerprint density at radius 3 is 2.61 bits per heavy atom. The Kier molecular flexibility index (Phi) is 6.07. The first-order valence-electron chi connectivity index (χ1n) is 9.84. The van der Waals surface area contributed by atoms with E-state index in [0.717, 1.165) is 23.6 Å². The van der Waals surface area contributed by atoms with Crippen molar-refractivity contribution in [3.05, 3.63) is 53.9 Å². The highest BCUT2D eigenvalue weighted by Crippen LogP contribution is 2.37. The third-order valence-electron chi connectivity index (χ3n) is 5.34. The third-order valence-corrected chi connectivity index (χ3v) is 5.34. The fourth-order valence-electron chi connectivity index (χ4n) is 3.87. The molecule has 6 nitrogen and oxygen atoms in total. The van der Waals surface area contributed by atoms with Gasteiger partial charge in [0.1, 0.15) is 18.3 Å². The SMILES string of the molecule is CCC(=O)N(CC(=O)N1CCn2cccc2C1c1ccccc1OC)C(C)C. The summed E-state index contributed by atoms with van der Waals surface area (Å²) in [6.07, 6.45) is 2.44. The Labute approximate surface area is 166 Å². The lowest BCUT2D eigenvalue weighted by Crippen LogP contribution is -2.49. The van der Waals surface area contributed by atoms with Crippen molar-refractivity contribution in [1.82, 2.24) is 14.4 Å². The lowest BCUT2D eigenvalue weighted by molar-refractivity contribution is -0.143. The zero-order valence-corrected chi connectivity index (χ0v) is 17.1. The molecule has 0 radical (unpaired) electrons. The van der Waals surface area contributed by atoms with E-state index in [2.05, 4.69) is 4.57 Å². The van der Waals surface area contributed by atoms with Gasteiger partial charge in [0.05, 0.1) is 7.11 Å². The highest BCUT2D eigenvalue weighted by atomic mass is 16.5. The van der Waals surface area contributed by atoms with E-state index in [-0.39, 0.29) is 30.4 Å². The minimum atomic E-state index is -0.238. The first-order valence-corrected chi connectivity index (χ1v) is 9.84. The van der Waals surface area contributed by atoms with Crippen LogP contribution >= 0.6 is 0 Å². The molecule has 0 fully saturated rings. The molecule has 1 aromatic carbocycles. The lowest BCUT2D eigenvalue weighted by atomic mass is 9.98. The maximum atomic E-state index is 13.3. The number of para-hydroxylation sites is 1. The van der Waals surface area contributed by atoms with Gasteiger partial charge in [0.15, 0.2) is 0 Å². The van der Waals surface area contributed by atoms with Gasteiger partial charge in [-0.05, 0) is 32.0 Å². The molecule has 1 atom stereocenters. The molecule has 0 bridgehead atoms. The van der Waals surface area contributed by atoms with E-state index in [9.17, 15) is 9.59 Å². The van der Waals surface area contributed by atoms with E-state index < -0.39 is 0 Å². The number of nitrogens with zero attached hydrogens (tertiary/aromatic N) is 3. The molecule has 1 aliphatic heterocycles. The molecule has 150 valence electrons. The molecule has 2 aromatic rings. The van der Waals surface area contributed by atoms with Crippen molar-refractivity contribution in [2.45, 2.75) is 45.8 Å². The van der Waals surface area contributed by atoms with Crippen LogP contribution in [0, 0.1) is 0 Å². The largest absolute Gasteiger partial charge is 0.496 e. The Morgan fingerprint density at radius 1 is 1.18 bits per heavy atom. The van der Waals surface area contributed by atoms with Gasteiger partial charge in [-0.15, -0.1) is 0 Å². The van der Waals surface area contributed by atoms with Crippen molar-refractivity contribution in [3.8, 4) is 5.75 Å². The van der Waals surface area contributed by atoms with Gasteiger partial charge in [0.25, 0.3) is 0 Å². The average molecular weight is 383 g/mol. The first kappa shape index (κ1) is 20.0. The highest BCUT2D eigenvalue weighted by molar-refractivity contribution is 5.85. The maximum Gasteiger partial charge on any atom is 0.243 e. The van der Waals surface area contributed by atoms with Crippen LogP contribution in [0.2, 0.25) is 0 Å². The van der Waals surface area contributed by atoms with Gasteiger partial charge in [-0.25, -0.2) is 0 Å². The number of hydrogen-bond acceptors (Lipinski definition) is 3. The van der Waals surface area contributed by atoms with Crippen LogP contribution in [0.15, 0.2) is 42.6 Å². The molecule has 28 heavy (non-hydrogen) atoms. The van der Waals surface area contributed by atoms with Crippen LogP contribution in [-0.2, 0) is 16.1 Å². The lowest BCUT2D eigenvalue weighted by Gasteiger charge is -2.39. The van der Waals surface area contributed by atoms with E-state index in [4.69, 9.17) is 4.74 Å². The van der Waals surface area contributed by atoms with Crippen LogP contribution in [0.25, 0.3) is 0 Å². The third kappa shape index (κ3) is 3.77. The van der Waals surface area contributed by atoms with Crippen molar-refractivity contribution in [1.29, 1.82) is 0 Å². The average Bonchev–Trinajstić information content (AvgIpc) is 3.19. The Hall–Kier alpha value is -2.76. The van der Waals surface area contributed by atoms with E-state index in [1.807, 2.05) is 68.3 Å².